The topological polar surface area (TPSA) is 40.9 Å². The molecule has 14 heavy (non-hydrogen) atoms. The molecule has 5 heteroatoms. The summed E-state index contributed by atoms with van der Waals surface area (Å²) in [6, 6.07) is 4.20. The molecule has 0 aliphatic rings. The fourth-order valence-electron chi connectivity index (χ4n) is 0.942. The first-order valence-corrected chi connectivity index (χ1v) is 5.19. The summed E-state index contributed by atoms with van der Waals surface area (Å²) >= 11 is 7.08. The molecular weight excluding hydrogens is 319 g/mol. The van der Waals surface area contributed by atoms with Gasteiger partial charge >= 0.3 is 0 Å². The molecule has 0 aromatic heterocycles. The molecule has 0 N–H and O–H groups in total. The molecule has 0 bridgehead atoms. The van der Waals surface area contributed by atoms with Gasteiger partial charge in [0.2, 0.25) is 0 Å². The number of benzene rings is 1. The predicted molar refractivity (Wildman–Crippen MR) is 58.9 cm³/mol. The van der Waals surface area contributed by atoms with Gasteiger partial charge in [-0.05, 0) is 34.7 Å². The molecular formula is C9H4ClFINO. The molecule has 0 saturated heterocycles. The van der Waals surface area contributed by atoms with Crippen molar-refractivity contribution < 1.29 is 9.18 Å². The van der Waals surface area contributed by atoms with Crippen LogP contribution in [0.25, 0.3) is 0 Å². The van der Waals surface area contributed by atoms with Gasteiger partial charge in [-0.2, -0.15) is 5.26 Å². The number of carbonyl (C=O) groups is 1. The Morgan fingerprint density at radius 3 is 2.79 bits per heavy atom. The summed E-state index contributed by atoms with van der Waals surface area (Å²) in [6.45, 7) is 0. The molecule has 0 spiro atoms. The van der Waals surface area contributed by atoms with Crippen molar-refractivity contribution in [2.24, 2.45) is 0 Å². The van der Waals surface area contributed by atoms with Crippen LogP contribution in [0.4, 0.5) is 4.39 Å². The van der Waals surface area contributed by atoms with Gasteiger partial charge in [-0.25, -0.2) is 4.39 Å². The zero-order chi connectivity index (χ0) is 10.7. The monoisotopic (exact) mass is 323 g/mol. The van der Waals surface area contributed by atoms with Crippen LogP contribution in [0.15, 0.2) is 12.1 Å². The second-order valence-corrected chi connectivity index (χ2v) is 3.91. The van der Waals surface area contributed by atoms with Crippen molar-refractivity contribution in [1.82, 2.24) is 0 Å². The molecule has 0 fully saturated rings. The van der Waals surface area contributed by atoms with Crippen LogP contribution in [-0.2, 0) is 0 Å². The zero-order valence-electron chi connectivity index (χ0n) is 6.85. The van der Waals surface area contributed by atoms with Crippen molar-refractivity contribution in [3.05, 3.63) is 32.6 Å². The van der Waals surface area contributed by atoms with E-state index in [1.807, 2.05) is 6.07 Å². The molecule has 0 aliphatic heterocycles. The van der Waals surface area contributed by atoms with E-state index in [1.165, 1.54) is 6.07 Å². The number of hydrogen-bond acceptors (Lipinski definition) is 2. The van der Waals surface area contributed by atoms with E-state index in [1.54, 1.807) is 22.6 Å². The van der Waals surface area contributed by atoms with Gasteiger partial charge in [-0.3, -0.25) is 4.79 Å². The van der Waals surface area contributed by atoms with Crippen molar-refractivity contribution in [1.29, 1.82) is 5.26 Å². The Balaban J connectivity index is 3.36. The Labute approximate surface area is 98.8 Å². The van der Waals surface area contributed by atoms with Crippen LogP contribution in [0.1, 0.15) is 15.9 Å². The lowest BCUT2D eigenvalue weighted by Crippen LogP contribution is -2.05. The fraction of sp³-hybridized carbons (Fsp3) is 0.111. The maximum atomic E-state index is 13.1. The molecule has 0 unspecified atom stereocenters. The van der Waals surface area contributed by atoms with Crippen LogP contribution in [0.2, 0.25) is 0 Å². The van der Waals surface area contributed by atoms with Crippen LogP contribution in [-0.4, -0.2) is 11.7 Å². The number of alkyl halides is 1. The maximum Gasteiger partial charge on any atom is 0.179 e. The normalized spacial score (nSPS) is 9.57. The molecule has 0 aliphatic carbocycles. The number of Topliss-reactive ketones (excluding diaryl/α,β-unsaturated/α-hetero) is 1. The number of ketones is 1. The first-order valence-electron chi connectivity index (χ1n) is 3.58. The number of nitrogens with zero attached hydrogens (tertiary/aromatic N) is 1. The van der Waals surface area contributed by atoms with E-state index in [-0.39, 0.29) is 17.0 Å². The highest BCUT2D eigenvalue weighted by Crippen LogP contribution is 2.18. The van der Waals surface area contributed by atoms with Gasteiger partial charge in [0.25, 0.3) is 0 Å². The highest BCUT2D eigenvalue weighted by atomic mass is 127. The lowest BCUT2D eigenvalue weighted by Gasteiger charge is -2.02. The van der Waals surface area contributed by atoms with Crippen molar-refractivity contribution in [2.75, 3.05) is 5.88 Å². The third-order valence-electron chi connectivity index (χ3n) is 1.60. The molecule has 1 rings (SSSR count). The van der Waals surface area contributed by atoms with E-state index in [0.717, 1.165) is 6.07 Å². The van der Waals surface area contributed by atoms with Crippen LogP contribution in [0.5, 0.6) is 0 Å². The number of rotatable bonds is 2. The Bertz CT molecular complexity index is 428. The van der Waals surface area contributed by atoms with Crippen molar-refractivity contribution in [3.63, 3.8) is 0 Å². The highest BCUT2D eigenvalue weighted by Gasteiger charge is 2.13. The van der Waals surface area contributed by atoms with Gasteiger partial charge in [0, 0.05) is 5.56 Å². The molecule has 72 valence electrons. The summed E-state index contributed by atoms with van der Waals surface area (Å²) in [6.07, 6.45) is 0. The molecule has 0 radical (unpaired) electrons. The molecule has 0 saturated carbocycles. The lowest BCUT2D eigenvalue weighted by atomic mass is 10.1. The first-order chi connectivity index (χ1) is 6.60. The fourth-order valence-corrected chi connectivity index (χ4v) is 1.55. The van der Waals surface area contributed by atoms with Gasteiger partial charge < -0.3 is 0 Å². The van der Waals surface area contributed by atoms with E-state index >= 15 is 0 Å². The highest BCUT2D eigenvalue weighted by molar-refractivity contribution is 14.1. The summed E-state index contributed by atoms with van der Waals surface area (Å²) in [5, 5.41) is 8.71. The minimum Gasteiger partial charge on any atom is -0.293 e. The third-order valence-corrected chi connectivity index (χ3v) is 2.67. The molecule has 0 amide bonds. The lowest BCUT2D eigenvalue weighted by molar-refractivity contribution is 0.102. The largest absolute Gasteiger partial charge is 0.293 e. The standard InChI is InChI=1S/C9H4ClFINO/c10-3-9(14)6-2-7(11)8(12)1-5(6)4-13/h1-2H,3H2. The van der Waals surface area contributed by atoms with Gasteiger partial charge in [0.15, 0.2) is 5.78 Å². The van der Waals surface area contributed by atoms with Crippen LogP contribution >= 0.6 is 34.2 Å². The minimum atomic E-state index is -0.516. The Hall–Kier alpha value is -0.670. The van der Waals surface area contributed by atoms with Crippen molar-refractivity contribution in [2.45, 2.75) is 0 Å². The first kappa shape index (κ1) is 11.4. The van der Waals surface area contributed by atoms with Crippen LogP contribution in [0.3, 0.4) is 0 Å². The summed E-state index contributed by atoms with van der Waals surface area (Å²) < 4.78 is 13.4. The van der Waals surface area contributed by atoms with E-state index in [4.69, 9.17) is 16.9 Å². The number of carbonyl (C=O) groups excluding carboxylic acids is 1. The van der Waals surface area contributed by atoms with E-state index < -0.39 is 11.6 Å². The second kappa shape index (κ2) is 4.71. The SMILES string of the molecule is N#Cc1cc(I)c(F)cc1C(=O)CCl. The summed E-state index contributed by atoms with van der Waals surface area (Å²) in [4.78, 5) is 11.2. The van der Waals surface area contributed by atoms with E-state index in [2.05, 4.69) is 0 Å². The Morgan fingerprint density at radius 1 is 1.64 bits per heavy atom. The second-order valence-electron chi connectivity index (χ2n) is 2.48. The van der Waals surface area contributed by atoms with E-state index in [0.29, 0.717) is 3.57 Å². The number of halogens is 3. The average Bonchev–Trinajstić information content (AvgIpc) is 2.20. The smallest absolute Gasteiger partial charge is 0.179 e. The van der Waals surface area contributed by atoms with Gasteiger partial charge in [-0.15, -0.1) is 11.6 Å². The van der Waals surface area contributed by atoms with Gasteiger partial charge in [-0.1, -0.05) is 0 Å². The maximum absolute atomic E-state index is 13.1. The van der Waals surface area contributed by atoms with Gasteiger partial charge in [0.1, 0.15) is 5.82 Å². The average molecular weight is 323 g/mol. The molecule has 1 aromatic rings. The minimum absolute atomic E-state index is 0.0421. The van der Waals surface area contributed by atoms with Gasteiger partial charge in [0.05, 0.1) is 21.1 Å². The summed E-state index contributed by atoms with van der Waals surface area (Å²) in [5.74, 6) is -1.22. The van der Waals surface area contributed by atoms with Crippen molar-refractivity contribution in [3.8, 4) is 6.07 Å². The number of nitriles is 1. The quantitative estimate of drug-likeness (QED) is 0.477. The predicted octanol–water partition coefficient (Wildman–Crippen LogP) is 2.72. The molecule has 0 heterocycles. The van der Waals surface area contributed by atoms with Crippen molar-refractivity contribution >= 4 is 40.0 Å². The summed E-state index contributed by atoms with van der Waals surface area (Å²) in [7, 11) is 0. The zero-order valence-corrected chi connectivity index (χ0v) is 9.76. The van der Waals surface area contributed by atoms with E-state index in [9.17, 15) is 9.18 Å². The summed E-state index contributed by atoms with van der Waals surface area (Å²) in [5.41, 5.74) is 0.196. The Morgan fingerprint density at radius 2 is 2.29 bits per heavy atom. The molecule has 2 nitrogen and oxygen atoms in total. The van der Waals surface area contributed by atoms with Crippen LogP contribution < -0.4 is 0 Å². The molecule has 0 atom stereocenters. The van der Waals surface area contributed by atoms with Crippen LogP contribution in [0, 0.1) is 20.7 Å². The number of hydrogen-bond donors (Lipinski definition) is 0. The Kier molecular flexibility index (Phi) is 3.84. The third kappa shape index (κ3) is 2.22. The molecule has 1 aromatic carbocycles.